The lowest BCUT2D eigenvalue weighted by Gasteiger charge is -2.25. The highest BCUT2D eigenvalue weighted by Gasteiger charge is 2.20. The van der Waals surface area contributed by atoms with Crippen molar-refractivity contribution in [1.82, 2.24) is 25.3 Å². The molecule has 1 heterocycles. The van der Waals surface area contributed by atoms with Crippen LogP contribution >= 0.6 is 0 Å². The van der Waals surface area contributed by atoms with Crippen LogP contribution in [0.1, 0.15) is 51.6 Å². The van der Waals surface area contributed by atoms with Gasteiger partial charge in [0.15, 0.2) is 0 Å². The van der Waals surface area contributed by atoms with Gasteiger partial charge in [-0.15, -0.1) is 0 Å². The molecule has 1 aromatic rings. The van der Waals surface area contributed by atoms with Gasteiger partial charge in [-0.05, 0) is 48.5 Å². The van der Waals surface area contributed by atoms with Gasteiger partial charge < -0.3 is 15.5 Å². The second-order valence-corrected chi connectivity index (χ2v) is 6.94. The Balaban J connectivity index is 2.65. The summed E-state index contributed by atoms with van der Waals surface area (Å²) >= 11 is 0. The maximum absolute atomic E-state index is 12.4. The van der Waals surface area contributed by atoms with Crippen LogP contribution in [0.25, 0.3) is 0 Å². The number of amides is 3. The van der Waals surface area contributed by atoms with E-state index in [1.54, 1.807) is 0 Å². The number of aryl methyl sites for hydroxylation is 2. The Morgan fingerprint density at radius 3 is 2.29 bits per heavy atom. The highest BCUT2D eigenvalue weighted by atomic mass is 16.2. The molecule has 7 nitrogen and oxygen atoms in total. The Bertz CT molecular complexity index is 587. The van der Waals surface area contributed by atoms with Gasteiger partial charge in [0.05, 0.1) is 5.69 Å². The number of likely N-dealkylation sites (N-methyl/N-ethyl adjacent to an activating group) is 1. The van der Waals surface area contributed by atoms with Crippen molar-refractivity contribution in [2.24, 2.45) is 0 Å². The SMILES string of the molecule is CCN(CC(=O)NC(C)(C)C)C(=O)NCc1c(C)nn(CC)c1C. The van der Waals surface area contributed by atoms with E-state index < -0.39 is 0 Å². The normalized spacial score (nSPS) is 11.3. The average Bonchev–Trinajstić information content (AvgIpc) is 2.74. The Morgan fingerprint density at radius 1 is 1.21 bits per heavy atom. The number of nitrogens with one attached hydrogen (secondary N) is 2. The number of carbonyl (C=O) groups is 2. The third-order valence-electron chi connectivity index (χ3n) is 3.77. The van der Waals surface area contributed by atoms with Gasteiger partial charge in [-0.25, -0.2) is 4.79 Å². The van der Waals surface area contributed by atoms with E-state index in [0.717, 1.165) is 23.5 Å². The molecule has 1 aromatic heterocycles. The summed E-state index contributed by atoms with van der Waals surface area (Å²) in [6, 6.07) is -0.246. The van der Waals surface area contributed by atoms with Gasteiger partial charge in [0, 0.05) is 36.4 Å². The standard InChI is InChI=1S/C17H31N5O2/c1-8-21(11-15(23)19-17(5,6)7)16(24)18-10-14-12(3)20-22(9-2)13(14)4/h8-11H2,1-7H3,(H,18,24)(H,19,23). The van der Waals surface area contributed by atoms with Gasteiger partial charge in [-0.3, -0.25) is 9.48 Å². The number of hydrogen-bond donors (Lipinski definition) is 2. The average molecular weight is 337 g/mol. The third kappa shape index (κ3) is 5.54. The molecule has 0 unspecified atom stereocenters. The van der Waals surface area contributed by atoms with Gasteiger partial charge in [0.1, 0.15) is 6.54 Å². The molecule has 0 radical (unpaired) electrons. The maximum Gasteiger partial charge on any atom is 0.318 e. The van der Waals surface area contributed by atoms with Gasteiger partial charge in [-0.1, -0.05) is 0 Å². The molecule has 136 valence electrons. The highest BCUT2D eigenvalue weighted by molar-refractivity contribution is 5.84. The predicted octanol–water partition coefficient (Wildman–Crippen LogP) is 1.97. The van der Waals surface area contributed by atoms with E-state index in [1.807, 2.05) is 53.1 Å². The zero-order chi connectivity index (χ0) is 18.5. The van der Waals surface area contributed by atoms with Crippen LogP contribution < -0.4 is 10.6 Å². The van der Waals surface area contributed by atoms with E-state index >= 15 is 0 Å². The Labute approximate surface area is 144 Å². The molecular weight excluding hydrogens is 306 g/mol. The lowest BCUT2D eigenvalue weighted by atomic mass is 10.1. The molecule has 0 atom stereocenters. The molecule has 3 amide bonds. The molecule has 0 aliphatic heterocycles. The lowest BCUT2D eigenvalue weighted by Crippen LogP contribution is -2.49. The topological polar surface area (TPSA) is 79.3 Å². The number of rotatable bonds is 6. The fourth-order valence-corrected chi connectivity index (χ4v) is 2.53. The first kappa shape index (κ1) is 20.0. The molecular formula is C17H31N5O2. The molecule has 0 fully saturated rings. The Morgan fingerprint density at radius 2 is 1.83 bits per heavy atom. The lowest BCUT2D eigenvalue weighted by molar-refractivity contribution is -0.123. The Kier molecular flexibility index (Phi) is 6.81. The maximum atomic E-state index is 12.4. The van der Waals surface area contributed by atoms with E-state index in [2.05, 4.69) is 15.7 Å². The third-order valence-corrected chi connectivity index (χ3v) is 3.77. The van der Waals surface area contributed by atoms with Crippen LogP contribution in [0.4, 0.5) is 4.79 Å². The van der Waals surface area contributed by atoms with Crippen molar-refractivity contribution in [3.63, 3.8) is 0 Å². The van der Waals surface area contributed by atoms with Crippen molar-refractivity contribution in [3.05, 3.63) is 17.0 Å². The van der Waals surface area contributed by atoms with E-state index in [9.17, 15) is 9.59 Å². The molecule has 0 bridgehead atoms. The van der Waals surface area contributed by atoms with Crippen molar-refractivity contribution < 1.29 is 9.59 Å². The Hall–Kier alpha value is -2.05. The fraction of sp³-hybridized carbons (Fsp3) is 0.706. The summed E-state index contributed by atoms with van der Waals surface area (Å²) in [6.45, 7) is 15.3. The van der Waals surface area contributed by atoms with E-state index in [-0.39, 0.29) is 24.0 Å². The smallest absolute Gasteiger partial charge is 0.318 e. The molecule has 24 heavy (non-hydrogen) atoms. The van der Waals surface area contributed by atoms with E-state index in [0.29, 0.717) is 13.1 Å². The molecule has 0 spiro atoms. The number of carbonyl (C=O) groups excluding carboxylic acids is 2. The summed E-state index contributed by atoms with van der Waals surface area (Å²) in [5, 5.41) is 10.2. The molecule has 0 aliphatic carbocycles. The summed E-state index contributed by atoms with van der Waals surface area (Å²) in [7, 11) is 0. The van der Waals surface area contributed by atoms with Crippen LogP contribution in [0.3, 0.4) is 0 Å². The molecule has 0 saturated carbocycles. The van der Waals surface area contributed by atoms with Gasteiger partial charge >= 0.3 is 6.03 Å². The van der Waals surface area contributed by atoms with Crippen LogP contribution in [-0.2, 0) is 17.9 Å². The summed E-state index contributed by atoms with van der Waals surface area (Å²) in [6.07, 6.45) is 0. The minimum atomic E-state index is -0.310. The van der Waals surface area contributed by atoms with Crippen LogP contribution in [-0.4, -0.2) is 45.2 Å². The zero-order valence-corrected chi connectivity index (χ0v) is 16.0. The highest BCUT2D eigenvalue weighted by Crippen LogP contribution is 2.12. The van der Waals surface area contributed by atoms with Crippen LogP contribution in [0.5, 0.6) is 0 Å². The summed E-state index contributed by atoms with van der Waals surface area (Å²) in [4.78, 5) is 25.9. The van der Waals surface area contributed by atoms with E-state index in [1.165, 1.54) is 4.90 Å². The minimum absolute atomic E-state index is 0.0474. The van der Waals surface area contributed by atoms with Gasteiger partial charge in [-0.2, -0.15) is 5.10 Å². The number of urea groups is 1. The second kappa shape index (κ2) is 8.17. The number of hydrogen-bond acceptors (Lipinski definition) is 3. The fourth-order valence-electron chi connectivity index (χ4n) is 2.53. The summed E-state index contributed by atoms with van der Waals surface area (Å²) in [5.74, 6) is -0.161. The van der Waals surface area contributed by atoms with Crippen molar-refractivity contribution >= 4 is 11.9 Å². The van der Waals surface area contributed by atoms with Gasteiger partial charge in [0.25, 0.3) is 0 Å². The summed E-state index contributed by atoms with van der Waals surface area (Å²) < 4.78 is 1.92. The molecule has 1 rings (SSSR count). The van der Waals surface area contributed by atoms with Crippen molar-refractivity contribution in [1.29, 1.82) is 0 Å². The van der Waals surface area contributed by atoms with Crippen LogP contribution in [0.15, 0.2) is 0 Å². The van der Waals surface area contributed by atoms with Gasteiger partial charge in [0.2, 0.25) is 5.91 Å². The zero-order valence-electron chi connectivity index (χ0n) is 16.0. The largest absolute Gasteiger partial charge is 0.350 e. The second-order valence-electron chi connectivity index (χ2n) is 6.94. The molecule has 0 saturated heterocycles. The molecule has 2 N–H and O–H groups in total. The van der Waals surface area contributed by atoms with Crippen LogP contribution in [0, 0.1) is 13.8 Å². The minimum Gasteiger partial charge on any atom is -0.350 e. The first-order valence-corrected chi connectivity index (χ1v) is 8.45. The summed E-state index contributed by atoms with van der Waals surface area (Å²) in [5.41, 5.74) is 2.70. The van der Waals surface area contributed by atoms with Crippen molar-refractivity contribution in [2.45, 2.75) is 67.1 Å². The predicted molar refractivity (Wildman–Crippen MR) is 94.8 cm³/mol. The van der Waals surface area contributed by atoms with Crippen molar-refractivity contribution in [3.8, 4) is 0 Å². The number of aromatic nitrogens is 2. The quantitative estimate of drug-likeness (QED) is 0.833. The first-order chi connectivity index (χ1) is 11.1. The number of nitrogens with zero attached hydrogens (tertiary/aromatic N) is 3. The molecule has 0 aliphatic rings. The van der Waals surface area contributed by atoms with E-state index in [4.69, 9.17) is 0 Å². The first-order valence-electron chi connectivity index (χ1n) is 8.45. The van der Waals surface area contributed by atoms with Crippen molar-refractivity contribution in [2.75, 3.05) is 13.1 Å². The molecule has 0 aromatic carbocycles. The molecule has 7 heteroatoms. The monoisotopic (exact) mass is 337 g/mol. The van der Waals surface area contributed by atoms with Crippen LogP contribution in [0.2, 0.25) is 0 Å².